The summed E-state index contributed by atoms with van der Waals surface area (Å²) in [7, 11) is 0. The summed E-state index contributed by atoms with van der Waals surface area (Å²) in [6, 6.07) is 14.8. The van der Waals surface area contributed by atoms with Gasteiger partial charge in [0.25, 0.3) is 5.91 Å². The van der Waals surface area contributed by atoms with Crippen molar-refractivity contribution in [2.75, 3.05) is 6.54 Å². The lowest BCUT2D eigenvalue weighted by atomic mass is 9.66. The van der Waals surface area contributed by atoms with Crippen LogP contribution in [0.2, 0.25) is 0 Å². The van der Waals surface area contributed by atoms with Crippen LogP contribution in [0.4, 0.5) is 4.39 Å². The lowest BCUT2D eigenvalue weighted by molar-refractivity contribution is -0.144. The molecular weight excluding hydrogens is 345 g/mol. The van der Waals surface area contributed by atoms with Crippen molar-refractivity contribution in [3.63, 3.8) is 0 Å². The third-order valence-electron chi connectivity index (χ3n) is 5.99. The molecule has 1 saturated heterocycles. The van der Waals surface area contributed by atoms with E-state index in [9.17, 15) is 19.1 Å². The van der Waals surface area contributed by atoms with Gasteiger partial charge in [-0.25, -0.2) is 4.39 Å². The number of piperidine rings is 1. The van der Waals surface area contributed by atoms with E-state index < -0.39 is 5.60 Å². The van der Waals surface area contributed by atoms with Gasteiger partial charge in [0, 0.05) is 18.0 Å². The van der Waals surface area contributed by atoms with Crippen LogP contribution in [-0.2, 0) is 10.4 Å². The van der Waals surface area contributed by atoms with Crippen molar-refractivity contribution in [3.8, 4) is 0 Å². The molecule has 0 bridgehead atoms. The zero-order valence-electron chi connectivity index (χ0n) is 15.0. The van der Waals surface area contributed by atoms with Crippen LogP contribution in [0.15, 0.2) is 54.6 Å². The second kappa shape index (κ2) is 6.89. The van der Waals surface area contributed by atoms with Crippen LogP contribution in [0.1, 0.15) is 41.6 Å². The number of benzene rings is 2. The lowest BCUT2D eigenvalue weighted by Gasteiger charge is -2.45. The van der Waals surface area contributed by atoms with E-state index in [1.54, 1.807) is 36.4 Å². The summed E-state index contributed by atoms with van der Waals surface area (Å²) in [5.41, 5.74) is 0.168. The summed E-state index contributed by atoms with van der Waals surface area (Å²) < 4.78 is 13.2. The van der Waals surface area contributed by atoms with Gasteiger partial charge in [-0.2, -0.15) is 0 Å². The highest BCUT2D eigenvalue weighted by Crippen LogP contribution is 2.46. The van der Waals surface area contributed by atoms with E-state index in [2.05, 4.69) is 0 Å². The maximum absolute atomic E-state index is 13.2. The molecular formula is C22H22FNO3. The van der Waals surface area contributed by atoms with Gasteiger partial charge in [-0.1, -0.05) is 30.3 Å². The predicted molar refractivity (Wildman–Crippen MR) is 98.2 cm³/mol. The van der Waals surface area contributed by atoms with Gasteiger partial charge in [-0.15, -0.1) is 0 Å². The monoisotopic (exact) mass is 367 g/mol. The summed E-state index contributed by atoms with van der Waals surface area (Å²) in [4.78, 5) is 27.0. The number of hydrogen-bond acceptors (Lipinski definition) is 3. The SMILES string of the molecule is O=C(c1ccccc1)N1CCC2CC(O)(c3ccc(F)cc3)CCC2C1=O. The number of amides is 2. The average molecular weight is 367 g/mol. The van der Waals surface area contributed by atoms with E-state index in [4.69, 9.17) is 0 Å². The first-order valence-electron chi connectivity index (χ1n) is 9.37. The average Bonchev–Trinajstić information content (AvgIpc) is 2.69. The number of likely N-dealkylation sites (tertiary alicyclic amines) is 1. The van der Waals surface area contributed by atoms with Crippen LogP contribution in [0.25, 0.3) is 0 Å². The minimum Gasteiger partial charge on any atom is -0.385 e. The second-order valence-corrected chi connectivity index (χ2v) is 7.60. The van der Waals surface area contributed by atoms with E-state index >= 15 is 0 Å². The van der Waals surface area contributed by atoms with Gasteiger partial charge < -0.3 is 5.11 Å². The Labute approximate surface area is 157 Å². The molecule has 1 saturated carbocycles. The Bertz CT molecular complexity index is 852. The summed E-state index contributed by atoms with van der Waals surface area (Å²) >= 11 is 0. The Morgan fingerprint density at radius 3 is 2.48 bits per heavy atom. The number of fused-ring (bicyclic) bond motifs is 1. The molecule has 140 valence electrons. The molecule has 27 heavy (non-hydrogen) atoms. The molecule has 0 aromatic heterocycles. The highest BCUT2D eigenvalue weighted by Gasteiger charge is 2.47. The van der Waals surface area contributed by atoms with Gasteiger partial charge in [-0.3, -0.25) is 14.5 Å². The molecule has 3 atom stereocenters. The van der Waals surface area contributed by atoms with Crippen LogP contribution >= 0.6 is 0 Å². The summed E-state index contributed by atoms with van der Waals surface area (Å²) in [5.74, 6) is -0.938. The minimum atomic E-state index is -1.04. The standard InChI is InChI=1S/C22H22FNO3/c23-18-8-6-17(7-9-18)22(27)12-10-19-16(14-22)11-13-24(21(19)26)20(25)15-4-2-1-3-5-15/h1-9,16,19,27H,10-14H2. The molecule has 3 unspecified atom stereocenters. The first-order valence-corrected chi connectivity index (χ1v) is 9.37. The van der Waals surface area contributed by atoms with Gasteiger partial charge in [0.05, 0.1) is 5.60 Å². The third-order valence-corrected chi connectivity index (χ3v) is 5.99. The number of carbonyl (C=O) groups is 2. The number of rotatable bonds is 2. The van der Waals surface area contributed by atoms with Gasteiger partial charge in [0.2, 0.25) is 5.91 Å². The van der Waals surface area contributed by atoms with Gasteiger partial charge in [-0.05, 0) is 61.4 Å². The predicted octanol–water partition coefficient (Wildman–Crippen LogP) is 3.50. The van der Waals surface area contributed by atoms with Crippen LogP contribution in [0.5, 0.6) is 0 Å². The van der Waals surface area contributed by atoms with Crippen molar-refractivity contribution in [1.82, 2.24) is 4.90 Å². The zero-order valence-corrected chi connectivity index (χ0v) is 15.0. The molecule has 2 aliphatic rings. The molecule has 5 heteroatoms. The molecule has 2 aromatic carbocycles. The van der Waals surface area contributed by atoms with E-state index in [1.165, 1.54) is 17.0 Å². The quantitative estimate of drug-likeness (QED) is 0.827. The van der Waals surface area contributed by atoms with Crippen molar-refractivity contribution in [1.29, 1.82) is 0 Å². The van der Waals surface area contributed by atoms with Crippen molar-refractivity contribution >= 4 is 11.8 Å². The third kappa shape index (κ3) is 3.28. The summed E-state index contributed by atoms with van der Waals surface area (Å²) in [5, 5.41) is 11.1. The maximum atomic E-state index is 13.2. The molecule has 2 aromatic rings. The fraction of sp³-hybridized carbons (Fsp3) is 0.364. The molecule has 4 rings (SSSR count). The number of halogens is 1. The van der Waals surface area contributed by atoms with E-state index in [0.29, 0.717) is 43.4 Å². The fourth-order valence-corrected chi connectivity index (χ4v) is 4.50. The Morgan fingerprint density at radius 2 is 1.78 bits per heavy atom. The molecule has 2 fully saturated rings. The minimum absolute atomic E-state index is 0.0288. The molecule has 1 aliphatic carbocycles. The summed E-state index contributed by atoms with van der Waals surface area (Å²) in [6.07, 6.45) is 2.09. The van der Waals surface area contributed by atoms with Gasteiger partial charge >= 0.3 is 0 Å². The van der Waals surface area contributed by atoms with Crippen LogP contribution < -0.4 is 0 Å². The normalized spacial score (nSPS) is 27.9. The van der Waals surface area contributed by atoms with E-state index in [-0.39, 0.29) is 29.5 Å². The molecule has 2 amide bonds. The zero-order chi connectivity index (χ0) is 19.0. The molecule has 0 spiro atoms. The van der Waals surface area contributed by atoms with Crippen LogP contribution in [0.3, 0.4) is 0 Å². The van der Waals surface area contributed by atoms with Gasteiger partial charge in [0.1, 0.15) is 5.82 Å². The molecule has 1 N–H and O–H groups in total. The van der Waals surface area contributed by atoms with Crippen molar-refractivity contribution in [2.24, 2.45) is 11.8 Å². The molecule has 1 heterocycles. The van der Waals surface area contributed by atoms with Crippen LogP contribution in [0, 0.1) is 17.7 Å². The topological polar surface area (TPSA) is 57.6 Å². The van der Waals surface area contributed by atoms with Crippen molar-refractivity contribution in [3.05, 3.63) is 71.5 Å². The summed E-state index contributed by atoms with van der Waals surface area (Å²) in [6.45, 7) is 0.368. The Morgan fingerprint density at radius 1 is 1.07 bits per heavy atom. The Kier molecular flexibility index (Phi) is 4.56. The highest BCUT2D eigenvalue weighted by atomic mass is 19.1. The van der Waals surface area contributed by atoms with Crippen molar-refractivity contribution < 1.29 is 19.1 Å². The number of imide groups is 1. The number of aliphatic hydroxyl groups is 1. The smallest absolute Gasteiger partial charge is 0.260 e. The number of carbonyl (C=O) groups excluding carboxylic acids is 2. The fourth-order valence-electron chi connectivity index (χ4n) is 4.50. The first kappa shape index (κ1) is 17.9. The van der Waals surface area contributed by atoms with Crippen LogP contribution in [-0.4, -0.2) is 28.4 Å². The van der Waals surface area contributed by atoms with Gasteiger partial charge in [0.15, 0.2) is 0 Å². The number of nitrogens with zero attached hydrogens (tertiary/aromatic N) is 1. The largest absolute Gasteiger partial charge is 0.385 e. The van der Waals surface area contributed by atoms with E-state index in [0.717, 1.165) is 0 Å². The second-order valence-electron chi connectivity index (χ2n) is 7.60. The van der Waals surface area contributed by atoms with Crippen molar-refractivity contribution in [2.45, 2.75) is 31.3 Å². The molecule has 4 nitrogen and oxygen atoms in total. The first-order chi connectivity index (χ1) is 13.0. The maximum Gasteiger partial charge on any atom is 0.260 e. The lowest BCUT2D eigenvalue weighted by Crippen LogP contribution is -2.52. The Balaban J connectivity index is 1.50. The highest BCUT2D eigenvalue weighted by molar-refractivity contribution is 6.05. The Hall–Kier alpha value is -2.53. The van der Waals surface area contributed by atoms with E-state index in [1.807, 2.05) is 6.07 Å². The molecule has 0 radical (unpaired) electrons. The number of hydrogen-bond donors (Lipinski definition) is 1. The molecule has 1 aliphatic heterocycles.